The fraction of sp³-hybridized carbons (Fsp3) is 0.300. The standard InChI is InChI=1S/C10H12ClNO3/c1-6(10(13)14-2)15-9-5-7(11)3-4-8(9)12/h3-6H,12H2,1-2H3. The fourth-order valence-corrected chi connectivity index (χ4v) is 1.18. The normalized spacial score (nSPS) is 11.9. The summed E-state index contributed by atoms with van der Waals surface area (Å²) in [7, 11) is 1.30. The van der Waals surface area contributed by atoms with Crippen molar-refractivity contribution in [3.63, 3.8) is 0 Å². The van der Waals surface area contributed by atoms with Crippen LogP contribution in [0.25, 0.3) is 0 Å². The lowest BCUT2D eigenvalue weighted by Gasteiger charge is -2.14. The molecule has 0 aromatic heterocycles. The van der Waals surface area contributed by atoms with Gasteiger partial charge in [-0.05, 0) is 19.1 Å². The Hall–Kier alpha value is -1.42. The highest BCUT2D eigenvalue weighted by Gasteiger charge is 2.16. The lowest BCUT2D eigenvalue weighted by molar-refractivity contribution is -0.147. The average molecular weight is 230 g/mol. The number of anilines is 1. The van der Waals surface area contributed by atoms with Gasteiger partial charge in [0, 0.05) is 11.1 Å². The number of benzene rings is 1. The van der Waals surface area contributed by atoms with Crippen molar-refractivity contribution in [3.8, 4) is 5.75 Å². The Balaban J connectivity index is 2.80. The molecule has 4 nitrogen and oxygen atoms in total. The molecule has 0 amide bonds. The van der Waals surface area contributed by atoms with Crippen LogP contribution in [0.4, 0.5) is 5.69 Å². The van der Waals surface area contributed by atoms with E-state index in [-0.39, 0.29) is 0 Å². The second kappa shape index (κ2) is 4.89. The van der Waals surface area contributed by atoms with Gasteiger partial charge >= 0.3 is 5.97 Å². The van der Waals surface area contributed by atoms with Crippen LogP contribution in [0.1, 0.15) is 6.92 Å². The van der Waals surface area contributed by atoms with E-state index in [0.29, 0.717) is 16.5 Å². The van der Waals surface area contributed by atoms with Crippen LogP contribution in [0, 0.1) is 0 Å². The van der Waals surface area contributed by atoms with Crippen molar-refractivity contribution in [1.29, 1.82) is 0 Å². The van der Waals surface area contributed by atoms with Crippen LogP contribution in [0.2, 0.25) is 5.02 Å². The van der Waals surface area contributed by atoms with Gasteiger partial charge in [-0.2, -0.15) is 0 Å². The first-order valence-electron chi connectivity index (χ1n) is 4.34. The summed E-state index contributed by atoms with van der Waals surface area (Å²) in [6.45, 7) is 1.58. The number of carbonyl (C=O) groups is 1. The number of esters is 1. The number of hydrogen-bond acceptors (Lipinski definition) is 4. The number of rotatable bonds is 3. The van der Waals surface area contributed by atoms with Gasteiger partial charge in [0.1, 0.15) is 5.75 Å². The number of hydrogen-bond donors (Lipinski definition) is 1. The van der Waals surface area contributed by atoms with Crippen LogP contribution in [0.15, 0.2) is 18.2 Å². The Morgan fingerprint density at radius 2 is 2.20 bits per heavy atom. The summed E-state index contributed by atoms with van der Waals surface area (Å²) in [6, 6.07) is 4.81. The van der Waals surface area contributed by atoms with E-state index in [4.69, 9.17) is 22.1 Å². The van der Waals surface area contributed by atoms with E-state index in [2.05, 4.69) is 4.74 Å². The Morgan fingerprint density at radius 1 is 1.53 bits per heavy atom. The Kier molecular flexibility index (Phi) is 3.80. The Morgan fingerprint density at radius 3 is 2.80 bits per heavy atom. The van der Waals surface area contributed by atoms with E-state index >= 15 is 0 Å². The van der Waals surface area contributed by atoms with Crippen LogP contribution in [0.5, 0.6) is 5.75 Å². The van der Waals surface area contributed by atoms with Gasteiger partial charge in [-0.25, -0.2) is 4.79 Å². The van der Waals surface area contributed by atoms with E-state index in [0.717, 1.165) is 0 Å². The first kappa shape index (κ1) is 11.7. The summed E-state index contributed by atoms with van der Waals surface area (Å²) in [5, 5.41) is 0.497. The van der Waals surface area contributed by atoms with Gasteiger partial charge in [-0.1, -0.05) is 11.6 Å². The third kappa shape index (κ3) is 3.02. The van der Waals surface area contributed by atoms with Crippen molar-refractivity contribution in [2.24, 2.45) is 0 Å². The number of nitrogen functional groups attached to an aromatic ring is 1. The van der Waals surface area contributed by atoms with Crippen LogP contribution in [0.3, 0.4) is 0 Å². The van der Waals surface area contributed by atoms with Crippen molar-refractivity contribution in [2.75, 3.05) is 12.8 Å². The molecular formula is C10H12ClNO3. The van der Waals surface area contributed by atoms with Crippen molar-refractivity contribution < 1.29 is 14.3 Å². The van der Waals surface area contributed by atoms with Crippen molar-refractivity contribution in [3.05, 3.63) is 23.2 Å². The van der Waals surface area contributed by atoms with Crippen LogP contribution in [-0.2, 0) is 9.53 Å². The molecule has 5 heteroatoms. The smallest absolute Gasteiger partial charge is 0.346 e. The average Bonchev–Trinajstić information content (AvgIpc) is 2.22. The summed E-state index contributed by atoms with van der Waals surface area (Å²) in [4.78, 5) is 11.1. The molecule has 0 heterocycles. The molecule has 1 aromatic rings. The minimum Gasteiger partial charge on any atom is -0.477 e. The van der Waals surface area contributed by atoms with Crippen LogP contribution < -0.4 is 10.5 Å². The van der Waals surface area contributed by atoms with E-state index in [1.165, 1.54) is 7.11 Å². The molecule has 0 radical (unpaired) electrons. The number of ether oxygens (including phenoxy) is 2. The van der Waals surface area contributed by atoms with Crippen molar-refractivity contribution in [2.45, 2.75) is 13.0 Å². The van der Waals surface area contributed by atoms with Crippen molar-refractivity contribution in [1.82, 2.24) is 0 Å². The summed E-state index contributed by atoms with van der Waals surface area (Å²) < 4.78 is 9.81. The largest absolute Gasteiger partial charge is 0.477 e. The monoisotopic (exact) mass is 229 g/mol. The number of halogens is 1. The van der Waals surface area contributed by atoms with E-state index in [1.54, 1.807) is 25.1 Å². The highest BCUT2D eigenvalue weighted by Crippen LogP contribution is 2.26. The highest BCUT2D eigenvalue weighted by atomic mass is 35.5. The van der Waals surface area contributed by atoms with Crippen molar-refractivity contribution >= 4 is 23.3 Å². The van der Waals surface area contributed by atoms with E-state index in [9.17, 15) is 4.79 Å². The van der Waals surface area contributed by atoms with E-state index in [1.807, 2.05) is 0 Å². The molecule has 0 aliphatic carbocycles. The van der Waals surface area contributed by atoms with Gasteiger partial charge < -0.3 is 15.2 Å². The molecule has 0 saturated heterocycles. The topological polar surface area (TPSA) is 61.5 Å². The Bertz CT molecular complexity index is 368. The lowest BCUT2D eigenvalue weighted by atomic mass is 10.3. The van der Waals surface area contributed by atoms with Crippen LogP contribution in [-0.4, -0.2) is 19.2 Å². The quantitative estimate of drug-likeness (QED) is 0.635. The number of nitrogens with two attached hydrogens (primary N) is 1. The van der Waals surface area contributed by atoms with E-state index < -0.39 is 12.1 Å². The highest BCUT2D eigenvalue weighted by molar-refractivity contribution is 6.30. The van der Waals surface area contributed by atoms with Gasteiger partial charge in [0.05, 0.1) is 12.8 Å². The first-order chi connectivity index (χ1) is 7.04. The maximum Gasteiger partial charge on any atom is 0.346 e. The molecule has 2 N–H and O–H groups in total. The molecule has 0 bridgehead atoms. The molecule has 1 atom stereocenters. The summed E-state index contributed by atoms with van der Waals surface area (Å²) >= 11 is 5.76. The van der Waals surface area contributed by atoms with Gasteiger partial charge in [0.15, 0.2) is 6.10 Å². The number of methoxy groups -OCH3 is 1. The van der Waals surface area contributed by atoms with Gasteiger partial charge in [-0.15, -0.1) is 0 Å². The lowest BCUT2D eigenvalue weighted by Crippen LogP contribution is -2.25. The van der Waals surface area contributed by atoms with Crippen LogP contribution >= 0.6 is 11.6 Å². The predicted molar refractivity (Wildman–Crippen MR) is 58.0 cm³/mol. The molecule has 0 fully saturated rings. The SMILES string of the molecule is COC(=O)C(C)Oc1cc(Cl)ccc1N. The van der Waals surface area contributed by atoms with Gasteiger partial charge in [0.2, 0.25) is 0 Å². The maximum absolute atomic E-state index is 11.1. The molecule has 0 aliphatic heterocycles. The molecule has 82 valence electrons. The second-order valence-electron chi connectivity index (χ2n) is 2.97. The third-order valence-corrected chi connectivity index (χ3v) is 2.05. The van der Waals surface area contributed by atoms with Gasteiger partial charge in [0.25, 0.3) is 0 Å². The predicted octanol–water partition coefficient (Wildman–Crippen LogP) is 1.86. The molecule has 0 aliphatic rings. The molecule has 15 heavy (non-hydrogen) atoms. The van der Waals surface area contributed by atoms with Gasteiger partial charge in [-0.3, -0.25) is 0 Å². The zero-order valence-corrected chi connectivity index (χ0v) is 9.25. The third-order valence-electron chi connectivity index (χ3n) is 1.81. The zero-order chi connectivity index (χ0) is 11.4. The molecule has 1 unspecified atom stereocenters. The minimum atomic E-state index is -0.712. The molecular weight excluding hydrogens is 218 g/mol. The zero-order valence-electron chi connectivity index (χ0n) is 8.49. The number of carbonyl (C=O) groups excluding carboxylic acids is 1. The molecule has 0 saturated carbocycles. The summed E-state index contributed by atoms with van der Waals surface area (Å²) in [6.07, 6.45) is -0.712. The maximum atomic E-state index is 11.1. The Labute approximate surface area is 92.9 Å². The summed E-state index contributed by atoms with van der Waals surface area (Å²) in [5.41, 5.74) is 6.07. The first-order valence-corrected chi connectivity index (χ1v) is 4.72. The molecule has 1 rings (SSSR count). The molecule has 1 aromatic carbocycles. The minimum absolute atomic E-state index is 0.375. The summed E-state index contributed by atoms with van der Waals surface area (Å²) in [5.74, 6) is -0.0882. The molecule has 0 spiro atoms. The second-order valence-corrected chi connectivity index (χ2v) is 3.40. The fourth-order valence-electron chi connectivity index (χ4n) is 1.01.